The number of ether oxygens (including phenoxy) is 1. The van der Waals surface area contributed by atoms with E-state index in [1.807, 2.05) is 12.1 Å². The summed E-state index contributed by atoms with van der Waals surface area (Å²) >= 11 is 0. The minimum Gasteiger partial charge on any atom is -0.481 e. The molecule has 1 atom stereocenters. The number of carbonyl (C=O) groups excluding carboxylic acids is 1. The summed E-state index contributed by atoms with van der Waals surface area (Å²) in [5.74, 6) is 0.584. The van der Waals surface area contributed by atoms with E-state index in [-0.39, 0.29) is 5.78 Å². The molecule has 1 unspecified atom stereocenters. The van der Waals surface area contributed by atoms with E-state index < -0.39 is 6.10 Å². The molecule has 0 saturated heterocycles. The molecule has 2 rings (SSSR count). The number of ketones is 1. The molecule has 0 radical (unpaired) electrons. The number of hydrogen-bond acceptors (Lipinski definition) is 3. The van der Waals surface area contributed by atoms with E-state index in [1.54, 1.807) is 6.07 Å². The molecule has 0 amide bonds. The van der Waals surface area contributed by atoms with Crippen LogP contribution in [0.25, 0.3) is 0 Å². The van der Waals surface area contributed by atoms with Crippen molar-refractivity contribution in [3.63, 3.8) is 0 Å². The summed E-state index contributed by atoms with van der Waals surface area (Å²) in [6.07, 6.45) is 0.180. The molecule has 1 aliphatic rings. The molecule has 0 saturated carbocycles. The Bertz CT molecular complexity index is 431. The highest BCUT2D eigenvalue weighted by Crippen LogP contribution is 2.32. The second kappa shape index (κ2) is 3.15. The van der Waals surface area contributed by atoms with Gasteiger partial charge in [-0.15, -0.1) is 0 Å². The van der Waals surface area contributed by atoms with Gasteiger partial charge in [-0.05, 0) is 18.6 Å². The number of carbonyl (C=O) groups is 1. The Morgan fingerprint density at radius 3 is 3.07 bits per heavy atom. The molecule has 1 aromatic rings. The van der Waals surface area contributed by atoms with E-state index >= 15 is 0 Å². The van der Waals surface area contributed by atoms with Gasteiger partial charge >= 0.3 is 0 Å². The Balaban J connectivity index is 2.40. The highest BCUT2D eigenvalue weighted by atomic mass is 16.5. The van der Waals surface area contributed by atoms with E-state index in [4.69, 9.17) is 10.00 Å². The van der Waals surface area contributed by atoms with Crippen molar-refractivity contribution in [1.82, 2.24) is 0 Å². The van der Waals surface area contributed by atoms with Crippen LogP contribution in [-0.2, 0) is 11.2 Å². The van der Waals surface area contributed by atoms with Crippen molar-refractivity contribution in [2.24, 2.45) is 0 Å². The maximum absolute atomic E-state index is 11.1. The number of rotatable bonds is 1. The number of nitrogens with zero attached hydrogens (tertiary/aromatic N) is 1. The van der Waals surface area contributed by atoms with Gasteiger partial charge in [-0.1, -0.05) is 12.1 Å². The van der Waals surface area contributed by atoms with Gasteiger partial charge in [-0.3, -0.25) is 4.79 Å². The van der Waals surface area contributed by atoms with Crippen LogP contribution in [0.4, 0.5) is 0 Å². The minimum absolute atomic E-state index is 0.00471. The number of fused-ring (bicyclic) bond motifs is 1. The minimum atomic E-state index is -0.403. The lowest BCUT2D eigenvalue weighted by molar-refractivity contribution is -0.122. The van der Waals surface area contributed by atoms with Crippen LogP contribution >= 0.6 is 0 Å². The number of benzene rings is 1. The van der Waals surface area contributed by atoms with E-state index in [0.29, 0.717) is 17.7 Å². The molecular weight excluding hydrogens is 178 g/mol. The Morgan fingerprint density at radius 1 is 1.64 bits per heavy atom. The lowest BCUT2D eigenvalue weighted by Crippen LogP contribution is -2.22. The maximum Gasteiger partial charge on any atom is 0.170 e. The van der Waals surface area contributed by atoms with Gasteiger partial charge in [0, 0.05) is 6.42 Å². The topological polar surface area (TPSA) is 50.1 Å². The zero-order chi connectivity index (χ0) is 10.1. The fourth-order valence-electron chi connectivity index (χ4n) is 1.58. The van der Waals surface area contributed by atoms with Crippen LogP contribution in [0.1, 0.15) is 18.1 Å². The summed E-state index contributed by atoms with van der Waals surface area (Å²) in [6, 6.07) is 7.44. The average molecular weight is 187 g/mol. The summed E-state index contributed by atoms with van der Waals surface area (Å²) in [5, 5.41) is 8.81. The lowest BCUT2D eigenvalue weighted by atomic mass is 10.1. The van der Waals surface area contributed by atoms with Crippen molar-refractivity contribution >= 4 is 5.78 Å². The standard InChI is InChI=1S/C11H9NO2/c1-7(13)10-5-8-3-2-4-9(6-12)11(8)14-10/h2-4,10H,5H2,1H3. The third kappa shape index (κ3) is 1.25. The van der Waals surface area contributed by atoms with Gasteiger partial charge in [0.2, 0.25) is 0 Å². The van der Waals surface area contributed by atoms with Gasteiger partial charge in [0.25, 0.3) is 0 Å². The van der Waals surface area contributed by atoms with Gasteiger partial charge in [0.15, 0.2) is 11.9 Å². The first-order chi connectivity index (χ1) is 6.72. The van der Waals surface area contributed by atoms with Crippen molar-refractivity contribution in [2.45, 2.75) is 19.4 Å². The van der Waals surface area contributed by atoms with Crippen LogP contribution < -0.4 is 4.74 Å². The molecule has 3 heteroatoms. The van der Waals surface area contributed by atoms with Crippen LogP contribution in [0.5, 0.6) is 5.75 Å². The molecule has 0 fully saturated rings. The lowest BCUT2D eigenvalue weighted by Gasteiger charge is -2.05. The predicted octanol–water partition coefficient (Wildman–Crippen LogP) is 1.45. The van der Waals surface area contributed by atoms with Crippen LogP contribution in [0.2, 0.25) is 0 Å². The quantitative estimate of drug-likeness (QED) is 0.668. The summed E-state index contributed by atoms with van der Waals surface area (Å²) in [4.78, 5) is 11.1. The van der Waals surface area contributed by atoms with Crippen LogP contribution in [-0.4, -0.2) is 11.9 Å². The molecule has 70 valence electrons. The normalized spacial score (nSPS) is 18.1. The Kier molecular flexibility index (Phi) is 1.97. The molecule has 1 aromatic carbocycles. The number of hydrogen-bond donors (Lipinski definition) is 0. The largest absolute Gasteiger partial charge is 0.481 e. The molecule has 0 aliphatic carbocycles. The van der Waals surface area contributed by atoms with Crippen LogP contribution in [0.15, 0.2) is 18.2 Å². The first-order valence-electron chi connectivity index (χ1n) is 4.41. The SMILES string of the molecule is CC(=O)C1Cc2cccc(C#N)c2O1. The first kappa shape index (κ1) is 8.76. The van der Waals surface area contributed by atoms with Crippen molar-refractivity contribution in [3.8, 4) is 11.8 Å². The molecule has 14 heavy (non-hydrogen) atoms. The Morgan fingerprint density at radius 2 is 2.43 bits per heavy atom. The van der Waals surface area contributed by atoms with Gasteiger partial charge in [0.1, 0.15) is 11.8 Å². The van der Waals surface area contributed by atoms with Crippen molar-refractivity contribution in [2.75, 3.05) is 0 Å². The van der Waals surface area contributed by atoms with Gasteiger partial charge in [0.05, 0.1) is 5.56 Å². The number of para-hydroxylation sites is 1. The average Bonchev–Trinajstić information content (AvgIpc) is 2.60. The summed E-state index contributed by atoms with van der Waals surface area (Å²) in [7, 11) is 0. The van der Waals surface area contributed by atoms with Gasteiger partial charge < -0.3 is 4.74 Å². The maximum atomic E-state index is 11.1. The molecular formula is C11H9NO2. The van der Waals surface area contributed by atoms with E-state index in [9.17, 15) is 4.79 Å². The van der Waals surface area contributed by atoms with Crippen molar-refractivity contribution < 1.29 is 9.53 Å². The van der Waals surface area contributed by atoms with E-state index in [1.165, 1.54) is 6.92 Å². The molecule has 1 heterocycles. The van der Waals surface area contributed by atoms with Crippen LogP contribution in [0, 0.1) is 11.3 Å². The second-order valence-corrected chi connectivity index (χ2v) is 3.33. The van der Waals surface area contributed by atoms with Gasteiger partial charge in [-0.25, -0.2) is 0 Å². The third-order valence-corrected chi connectivity index (χ3v) is 2.34. The van der Waals surface area contributed by atoms with E-state index in [2.05, 4.69) is 6.07 Å². The Labute approximate surface area is 81.9 Å². The highest BCUT2D eigenvalue weighted by Gasteiger charge is 2.28. The smallest absolute Gasteiger partial charge is 0.170 e. The highest BCUT2D eigenvalue weighted by molar-refractivity contribution is 5.82. The Hall–Kier alpha value is -1.82. The fourth-order valence-corrected chi connectivity index (χ4v) is 1.58. The monoisotopic (exact) mass is 187 g/mol. The van der Waals surface area contributed by atoms with Crippen molar-refractivity contribution in [3.05, 3.63) is 29.3 Å². The summed E-state index contributed by atoms with van der Waals surface area (Å²) in [5.41, 5.74) is 1.45. The molecule has 0 spiro atoms. The zero-order valence-electron chi connectivity index (χ0n) is 7.78. The third-order valence-electron chi connectivity index (χ3n) is 2.34. The second-order valence-electron chi connectivity index (χ2n) is 3.33. The van der Waals surface area contributed by atoms with Crippen LogP contribution in [0.3, 0.4) is 0 Å². The number of nitriles is 1. The fraction of sp³-hybridized carbons (Fsp3) is 0.273. The molecule has 1 aliphatic heterocycles. The summed E-state index contributed by atoms with van der Waals surface area (Å²) < 4.78 is 5.42. The number of Topliss-reactive ketones (excluding diaryl/α,β-unsaturated/α-hetero) is 1. The van der Waals surface area contributed by atoms with Crippen molar-refractivity contribution in [1.29, 1.82) is 5.26 Å². The molecule has 0 N–H and O–H groups in total. The summed E-state index contributed by atoms with van der Waals surface area (Å²) in [6.45, 7) is 1.50. The first-order valence-corrected chi connectivity index (χ1v) is 4.41. The predicted molar refractivity (Wildman–Crippen MR) is 50.0 cm³/mol. The van der Waals surface area contributed by atoms with E-state index in [0.717, 1.165) is 5.56 Å². The molecule has 0 aromatic heterocycles. The zero-order valence-corrected chi connectivity index (χ0v) is 7.78. The van der Waals surface area contributed by atoms with Gasteiger partial charge in [-0.2, -0.15) is 5.26 Å². The molecule has 3 nitrogen and oxygen atoms in total. The molecule has 0 bridgehead atoms.